The van der Waals surface area contributed by atoms with E-state index in [1.807, 2.05) is 6.92 Å². The molecule has 7 nitrogen and oxygen atoms in total. The predicted molar refractivity (Wildman–Crippen MR) is 94.8 cm³/mol. The van der Waals surface area contributed by atoms with Crippen molar-refractivity contribution in [1.82, 2.24) is 0 Å². The fraction of sp³-hybridized carbons (Fsp3) is 0.250. The number of sulfonamides is 1. The van der Waals surface area contributed by atoms with E-state index < -0.39 is 14.9 Å². The summed E-state index contributed by atoms with van der Waals surface area (Å²) in [6.07, 6.45) is 1.09. The molecule has 0 aliphatic rings. The van der Waals surface area contributed by atoms with E-state index in [2.05, 4.69) is 10.0 Å². The third kappa shape index (κ3) is 4.45. The van der Waals surface area contributed by atoms with Crippen LogP contribution in [0.15, 0.2) is 42.5 Å². The second kappa shape index (κ2) is 6.88. The molecule has 24 heavy (non-hydrogen) atoms. The highest BCUT2D eigenvalue weighted by Crippen LogP contribution is 2.29. The zero-order valence-corrected chi connectivity index (χ0v) is 14.4. The number of nitrogens with one attached hydrogen (secondary N) is 2. The largest absolute Gasteiger partial charge is 0.378 e. The molecule has 2 N–H and O–H groups in total. The molecule has 0 amide bonds. The molecule has 0 heterocycles. The molecule has 0 saturated carbocycles. The molecule has 1 atom stereocenters. The van der Waals surface area contributed by atoms with Gasteiger partial charge < -0.3 is 5.32 Å². The van der Waals surface area contributed by atoms with Crippen LogP contribution in [0.25, 0.3) is 0 Å². The van der Waals surface area contributed by atoms with Gasteiger partial charge in [0.1, 0.15) is 0 Å². The summed E-state index contributed by atoms with van der Waals surface area (Å²) in [6, 6.07) is 11.4. The smallest absolute Gasteiger partial charge is 0.274 e. The minimum absolute atomic E-state index is 0.0408. The summed E-state index contributed by atoms with van der Waals surface area (Å²) < 4.78 is 25.3. The lowest BCUT2D eigenvalue weighted by Crippen LogP contribution is -2.12. The summed E-state index contributed by atoms with van der Waals surface area (Å²) in [5, 5.41) is 14.3. The molecule has 2 aromatic rings. The van der Waals surface area contributed by atoms with E-state index >= 15 is 0 Å². The number of hydrogen-bond acceptors (Lipinski definition) is 5. The van der Waals surface area contributed by atoms with Crippen LogP contribution in [0.2, 0.25) is 0 Å². The van der Waals surface area contributed by atoms with Crippen LogP contribution in [-0.2, 0) is 10.0 Å². The van der Waals surface area contributed by atoms with Crippen LogP contribution in [0.3, 0.4) is 0 Å². The Kier molecular flexibility index (Phi) is 5.08. The lowest BCUT2D eigenvalue weighted by Gasteiger charge is -2.17. The molecule has 0 fully saturated rings. The number of nitro groups is 1. The van der Waals surface area contributed by atoms with Gasteiger partial charge in [0.2, 0.25) is 10.0 Å². The van der Waals surface area contributed by atoms with Crippen LogP contribution in [0.5, 0.6) is 0 Å². The average Bonchev–Trinajstić information content (AvgIpc) is 2.49. The molecule has 0 spiro atoms. The van der Waals surface area contributed by atoms with E-state index in [1.165, 1.54) is 6.07 Å². The first-order valence-electron chi connectivity index (χ1n) is 7.25. The number of hydrogen-bond donors (Lipinski definition) is 2. The van der Waals surface area contributed by atoms with Crippen LogP contribution in [0.4, 0.5) is 17.1 Å². The molecule has 0 bridgehead atoms. The first kappa shape index (κ1) is 17.7. The Morgan fingerprint density at radius 3 is 2.46 bits per heavy atom. The lowest BCUT2D eigenvalue weighted by atomic mass is 10.1. The maximum absolute atomic E-state index is 11.4. The SMILES string of the molecule is Cc1ccc(N[C@H](C)c2ccccc2[N+](=O)[O-])cc1NS(C)(=O)=O. The van der Waals surface area contributed by atoms with E-state index in [4.69, 9.17) is 0 Å². The van der Waals surface area contributed by atoms with E-state index in [1.54, 1.807) is 43.3 Å². The number of para-hydroxylation sites is 1. The topological polar surface area (TPSA) is 101 Å². The number of anilines is 2. The molecule has 0 aliphatic heterocycles. The van der Waals surface area contributed by atoms with Gasteiger partial charge in [-0.25, -0.2) is 8.42 Å². The van der Waals surface area contributed by atoms with Crippen molar-refractivity contribution in [3.05, 3.63) is 63.7 Å². The molecule has 0 unspecified atom stereocenters. The van der Waals surface area contributed by atoms with Crippen molar-refractivity contribution < 1.29 is 13.3 Å². The Hall–Kier alpha value is -2.61. The number of rotatable bonds is 6. The minimum Gasteiger partial charge on any atom is -0.378 e. The Bertz CT molecular complexity index is 865. The van der Waals surface area contributed by atoms with Crippen molar-refractivity contribution in [1.29, 1.82) is 0 Å². The zero-order chi connectivity index (χ0) is 17.9. The normalized spacial score (nSPS) is 12.5. The lowest BCUT2D eigenvalue weighted by molar-refractivity contribution is -0.385. The van der Waals surface area contributed by atoms with E-state index in [0.29, 0.717) is 16.9 Å². The van der Waals surface area contributed by atoms with Crippen molar-refractivity contribution in [2.45, 2.75) is 19.9 Å². The molecule has 2 rings (SSSR count). The van der Waals surface area contributed by atoms with Gasteiger partial charge in [0.25, 0.3) is 5.69 Å². The fourth-order valence-electron chi connectivity index (χ4n) is 2.37. The maximum Gasteiger partial charge on any atom is 0.274 e. The Labute approximate surface area is 140 Å². The van der Waals surface area contributed by atoms with Crippen LogP contribution in [0.1, 0.15) is 24.1 Å². The van der Waals surface area contributed by atoms with Gasteiger partial charge in [-0.2, -0.15) is 0 Å². The van der Waals surface area contributed by atoms with E-state index in [0.717, 1.165) is 11.8 Å². The third-order valence-electron chi connectivity index (χ3n) is 3.52. The Morgan fingerprint density at radius 2 is 1.83 bits per heavy atom. The number of nitrogens with zero attached hydrogens (tertiary/aromatic N) is 1. The monoisotopic (exact) mass is 349 g/mol. The van der Waals surface area contributed by atoms with Gasteiger partial charge in [-0.1, -0.05) is 24.3 Å². The minimum atomic E-state index is -3.38. The Balaban J connectivity index is 2.28. The Morgan fingerprint density at radius 1 is 1.17 bits per heavy atom. The summed E-state index contributed by atoms with van der Waals surface area (Å²) in [6.45, 7) is 3.61. The number of nitro benzene ring substituents is 1. The van der Waals surface area contributed by atoms with Crippen molar-refractivity contribution >= 4 is 27.1 Å². The molecule has 0 aromatic heterocycles. The molecule has 0 aliphatic carbocycles. The summed E-state index contributed by atoms with van der Waals surface area (Å²) in [4.78, 5) is 10.7. The molecule has 8 heteroatoms. The highest BCUT2D eigenvalue weighted by atomic mass is 32.2. The summed E-state index contributed by atoms with van der Waals surface area (Å²) >= 11 is 0. The molecule has 0 radical (unpaired) electrons. The number of benzene rings is 2. The van der Waals surface area contributed by atoms with E-state index in [-0.39, 0.29) is 11.7 Å². The molecular formula is C16H19N3O4S. The van der Waals surface area contributed by atoms with Gasteiger partial charge in [-0.3, -0.25) is 14.8 Å². The fourth-order valence-corrected chi connectivity index (χ4v) is 2.99. The van der Waals surface area contributed by atoms with Gasteiger partial charge in [-0.15, -0.1) is 0 Å². The predicted octanol–water partition coefficient (Wildman–Crippen LogP) is 3.45. The van der Waals surface area contributed by atoms with Crippen LogP contribution >= 0.6 is 0 Å². The average molecular weight is 349 g/mol. The summed E-state index contributed by atoms with van der Waals surface area (Å²) in [7, 11) is -3.38. The van der Waals surface area contributed by atoms with Crippen molar-refractivity contribution in [2.24, 2.45) is 0 Å². The quantitative estimate of drug-likeness (QED) is 0.614. The summed E-state index contributed by atoms with van der Waals surface area (Å²) in [5.74, 6) is 0. The van der Waals surface area contributed by atoms with Crippen molar-refractivity contribution in [2.75, 3.05) is 16.3 Å². The van der Waals surface area contributed by atoms with E-state index in [9.17, 15) is 18.5 Å². The van der Waals surface area contributed by atoms with Crippen LogP contribution in [-0.4, -0.2) is 19.6 Å². The van der Waals surface area contributed by atoms with Gasteiger partial charge in [0, 0.05) is 11.8 Å². The van der Waals surface area contributed by atoms with Crippen LogP contribution < -0.4 is 10.0 Å². The second-order valence-electron chi connectivity index (χ2n) is 5.59. The first-order chi connectivity index (χ1) is 11.2. The third-order valence-corrected chi connectivity index (χ3v) is 4.11. The second-order valence-corrected chi connectivity index (χ2v) is 7.33. The highest BCUT2D eigenvalue weighted by molar-refractivity contribution is 7.92. The van der Waals surface area contributed by atoms with Crippen molar-refractivity contribution in [3.8, 4) is 0 Å². The maximum atomic E-state index is 11.4. The molecule has 0 saturated heterocycles. The molecular weight excluding hydrogens is 330 g/mol. The number of aryl methyl sites for hydroxylation is 1. The molecule has 128 valence electrons. The summed E-state index contributed by atoms with van der Waals surface area (Å²) in [5.41, 5.74) is 2.51. The van der Waals surface area contributed by atoms with Gasteiger partial charge in [0.15, 0.2) is 0 Å². The highest BCUT2D eigenvalue weighted by Gasteiger charge is 2.18. The zero-order valence-electron chi connectivity index (χ0n) is 13.6. The van der Waals surface area contributed by atoms with Crippen molar-refractivity contribution in [3.63, 3.8) is 0 Å². The van der Waals surface area contributed by atoms with Gasteiger partial charge >= 0.3 is 0 Å². The molecule has 2 aromatic carbocycles. The first-order valence-corrected chi connectivity index (χ1v) is 9.15. The van der Waals surface area contributed by atoms with Crippen LogP contribution in [0, 0.1) is 17.0 Å². The van der Waals surface area contributed by atoms with Gasteiger partial charge in [0.05, 0.1) is 28.5 Å². The standard InChI is InChI=1S/C16H19N3O4S/c1-11-8-9-13(10-15(11)18-24(3,22)23)17-12(2)14-6-4-5-7-16(14)19(20)21/h4-10,12,17-18H,1-3H3/t12-/m1/s1. The van der Waals surface area contributed by atoms with Gasteiger partial charge in [-0.05, 0) is 31.5 Å².